The van der Waals surface area contributed by atoms with Crippen LogP contribution in [0.1, 0.15) is 65.7 Å². The summed E-state index contributed by atoms with van der Waals surface area (Å²) in [6.45, 7) is 6.31. The Morgan fingerprint density at radius 3 is 2.67 bits per heavy atom. The molecule has 0 N–H and O–H groups in total. The van der Waals surface area contributed by atoms with Crippen molar-refractivity contribution in [3.8, 4) is 0 Å². The second-order valence-electron chi connectivity index (χ2n) is 9.24. The van der Waals surface area contributed by atoms with Gasteiger partial charge in [-0.3, -0.25) is 9.59 Å². The molecule has 1 unspecified atom stereocenters. The average Bonchev–Trinajstić information content (AvgIpc) is 2.84. The molecule has 0 heterocycles. The second-order valence-corrected chi connectivity index (χ2v) is 9.24. The van der Waals surface area contributed by atoms with Gasteiger partial charge in [0.2, 0.25) is 0 Å². The van der Waals surface area contributed by atoms with Crippen LogP contribution in [-0.4, -0.2) is 17.9 Å². The average molecular weight is 330 g/mol. The first kappa shape index (κ1) is 16.4. The van der Waals surface area contributed by atoms with E-state index < -0.39 is 0 Å². The van der Waals surface area contributed by atoms with E-state index in [1.807, 2.05) is 6.08 Å². The normalized spacial score (nSPS) is 50.0. The molecule has 0 aromatic heterocycles. The quantitative estimate of drug-likeness (QED) is 0.673. The monoisotopic (exact) mass is 330 g/mol. The number of allylic oxidation sites excluding steroid dienone is 2. The van der Waals surface area contributed by atoms with Gasteiger partial charge in [-0.15, -0.1) is 0 Å². The summed E-state index contributed by atoms with van der Waals surface area (Å²) in [6, 6.07) is 0. The van der Waals surface area contributed by atoms with Crippen molar-refractivity contribution in [2.45, 2.75) is 71.8 Å². The van der Waals surface area contributed by atoms with Gasteiger partial charge >= 0.3 is 5.97 Å². The molecule has 0 bridgehead atoms. The summed E-state index contributed by atoms with van der Waals surface area (Å²) in [5.74, 6) is 2.80. The van der Waals surface area contributed by atoms with Crippen LogP contribution in [0.3, 0.4) is 0 Å². The Labute approximate surface area is 145 Å². The highest BCUT2D eigenvalue weighted by atomic mass is 16.5. The van der Waals surface area contributed by atoms with Gasteiger partial charge in [0.1, 0.15) is 6.10 Å². The minimum absolute atomic E-state index is 0.106. The molecule has 0 aromatic carbocycles. The van der Waals surface area contributed by atoms with Crippen LogP contribution in [0.4, 0.5) is 0 Å². The summed E-state index contributed by atoms with van der Waals surface area (Å²) in [7, 11) is 0. The van der Waals surface area contributed by atoms with Crippen molar-refractivity contribution in [1.29, 1.82) is 0 Å². The summed E-state index contributed by atoms with van der Waals surface area (Å²) < 4.78 is 5.71. The van der Waals surface area contributed by atoms with Crippen molar-refractivity contribution in [3.05, 3.63) is 12.2 Å². The number of fused-ring (bicyclic) bond motifs is 5. The van der Waals surface area contributed by atoms with E-state index in [1.54, 1.807) is 6.92 Å². The number of esters is 1. The topological polar surface area (TPSA) is 43.4 Å². The smallest absolute Gasteiger partial charge is 0.302 e. The number of rotatable bonds is 1. The second kappa shape index (κ2) is 5.44. The third-order valence-corrected chi connectivity index (χ3v) is 8.26. The Hall–Kier alpha value is -1.12. The largest absolute Gasteiger partial charge is 0.462 e. The molecule has 3 nitrogen and oxygen atoms in total. The maximum absolute atomic E-state index is 11.9. The van der Waals surface area contributed by atoms with Gasteiger partial charge in [-0.25, -0.2) is 0 Å². The number of carbonyl (C=O) groups is 2. The van der Waals surface area contributed by atoms with E-state index in [4.69, 9.17) is 4.74 Å². The maximum atomic E-state index is 11.9. The standard InChI is InChI=1S/C21H30O3/c1-13(22)24-19-7-6-17-16-5-4-14-12-15(23)8-10-20(14,2)18(16)9-11-21(17,19)3/h8,10,14,16-19H,4-7,9,11-12H2,1-3H3/t14?,16-,17-,18-,19-,20-,21-/m0/s1. The molecule has 0 radical (unpaired) electrons. The highest BCUT2D eigenvalue weighted by Gasteiger charge is 2.60. The van der Waals surface area contributed by atoms with E-state index >= 15 is 0 Å². The highest BCUT2D eigenvalue weighted by Crippen LogP contribution is 2.65. The zero-order valence-electron chi connectivity index (χ0n) is 15.2. The summed E-state index contributed by atoms with van der Waals surface area (Å²) in [4.78, 5) is 23.4. The molecule has 3 saturated carbocycles. The number of ketones is 1. The molecule has 4 aliphatic rings. The lowest BCUT2D eigenvalue weighted by Gasteiger charge is -2.58. The summed E-state index contributed by atoms with van der Waals surface area (Å²) >= 11 is 0. The van der Waals surface area contributed by atoms with Gasteiger partial charge in [-0.1, -0.05) is 19.9 Å². The predicted octanol–water partition coefficient (Wildman–Crippen LogP) is 4.31. The molecular weight excluding hydrogens is 300 g/mol. The Bertz CT molecular complexity index is 594. The molecule has 0 spiro atoms. The predicted molar refractivity (Wildman–Crippen MR) is 92.2 cm³/mol. The Kier molecular flexibility index (Phi) is 3.71. The molecule has 0 saturated heterocycles. The number of carbonyl (C=O) groups excluding carboxylic acids is 2. The van der Waals surface area contributed by atoms with E-state index in [0.717, 1.165) is 25.2 Å². The van der Waals surface area contributed by atoms with Gasteiger partial charge < -0.3 is 4.74 Å². The van der Waals surface area contributed by atoms with Crippen molar-refractivity contribution in [3.63, 3.8) is 0 Å². The number of ether oxygens (including phenoxy) is 1. The lowest BCUT2D eigenvalue weighted by atomic mass is 9.46. The maximum Gasteiger partial charge on any atom is 0.302 e. The fourth-order valence-electron chi connectivity index (χ4n) is 6.98. The van der Waals surface area contributed by atoms with Crippen LogP contribution in [0.15, 0.2) is 12.2 Å². The number of hydrogen-bond acceptors (Lipinski definition) is 3. The van der Waals surface area contributed by atoms with Crippen LogP contribution in [0.25, 0.3) is 0 Å². The van der Waals surface area contributed by atoms with Crippen molar-refractivity contribution >= 4 is 11.8 Å². The van der Waals surface area contributed by atoms with E-state index in [1.165, 1.54) is 25.7 Å². The van der Waals surface area contributed by atoms with E-state index in [9.17, 15) is 9.59 Å². The molecule has 24 heavy (non-hydrogen) atoms. The van der Waals surface area contributed by atoms with Crippen LogP contribution < -0.4 is 0 Å². The Morgan fingerprint density at radius 1 is 1.12 bits per heavy atom. The van der Waals surface area contributed by atoms with E-state index in [-0.39, 0.29) is 22.9 Å². The van der Waals surface area contributed by atoms with Gasteiger partial charge in [0, 0.05) is 18.8 Å². The first-order valence-electron chi connectivity index (χ1n) is 9.74. The molecule has 0 aliphatic heterocycles. The molecule has 4 rings (SSSR count). The van der Waals surface area contributed by atoms with E-state index in [0.29, 0.717) is 23.5 Å². The summed E-state index contributed by atoms with van der Waals surface area (Å²) in [5, 5.41) is 0. The number of hydrogen-bond donors (Lipinski definition) is 0. The zero-order valence-corrected chi connectivity index (χ0v) is 15.2. The molecule has 7 atom stereocenters. The SMILES string of the molecule is CC(=O)O[C@H]1CC[C@H]2[C@@H]3CCC4CC(=O)C=C[C@]4(C)[C@H]3CC[C@]12C. The molecular formula is C21H30O3. The summed E-state index contributed by atoms with van der Waals surface area (Å²) in [6.07, 6.45) is 12.0. The van der Waals surface area contributed by atoms with Crippen LogP contribution >= 0.6 is 0 Å². The first-order valence-corrected chi connectivity index (χ1v) is 9.74. The Morgan fingerprint density at radius 2 is 1.92 bits per heavy atom. The minimum Gasteiger partial charge on any atom is -0.462 e. The third-order valence-electron chi connectivity index (χ3n) is 8.26. The molecule has 0 aromatic rings. The first-order chi connectivity index (χ1) is 11.3. The van der Waals surface area contributed by atoms with E-state index in [2.05, 4.69) is 19.9 Å². The van der Waals surface area contributed by atoms with Crippen LogP contribution in [0.2, 0.25) is 0 Å². The fraction of sp³-hybridized carbons (Fsp3) is 0.810. The zero-order chi connectivity index (χ0) is 17.1. The fourth-order valence-corrected chi connectivity index (χ4v) is 6.98. The lowest BCUT2D eigenvalue weighted by molar-refractivity contribution is -0.158. The minimum atomic E-state index is -0.131. The molecule has 3 fully saturated rings. The molecule has 0 amide bonds. The summed E-state index contributed by atoms with van der Waals surface area (Å²) in [5.41, 5.74) is 0.349. The van der Waals surface area contributed by atoms with Crippen molar-refractivity contribution in [2.75, 3.05) is 0 Å². The van der Waals surface area contributed by atoms with Gasteiger partial charge in [-0.2, -0.15) is 0 Å². The van der Waals surface area contributed by atoms with Gasteiger partial charge in [0.15, 0.2) is 5.78 Å². The Balaban J connectivity index is 1.62. The lowest BCUT2D eigenvalue weighted by Crippen LogP contribution is -2.53. The third kappa shape index (κ3) is 2.23. The van der Waals surface area contributed by atoms with Crippen LogP contribution in [-0.2, 0) is 14.3 Å². The van der Waals surface area contributed by atoms with Gasteiger partial charge in [-0.05, 0) is 73.7 Å². The van der Waals surface area contributed by atoms with Crippen molar-refractivity contribution in [1.82, 2.24) is 0 Å². The van der Waals surface area contributed by atoms with Gasteiger partial charge in [0.05, 0.1) is 0 Å². The highest BCUT2D eigenvalue weighted by molar-refractivity contribution is 5.91. The molecule has 4 aliphatic carbocycles. The van der Waals surface area contributed by atoms with Crippen molar-refractivity contribution in [2.24, 2.45) is 34.5 Å². The van der Waals surface area contributed by atoms with Crippen LogP contribution in [0.5, 0.6) is 0 Å². The van der Waals surface area contributed by atoms with Crippen LogP contribution in [0, 0.1) is 34.5 Å². The molecule has 132 valence electrons. The van der Waals surface area contributed by atoms with Gasteiger partial charge in [0.25, 0.3) is 0 Å². The molecule has 3 heteroatoms. The van der Waals surface area contributed by atoms with Crippen molar-refractivity contribution < 1.29 is 14.3 Å².